The van der Waals surface area contributed by atoms with Crippen LogP contribution in [-0.4, -0.2) is 26.1 Å². The lowest BCUT2D eigenvalue weighted by Crippen LogP contribution is -2.11. The summed E-state index contributed by atoms with van der Waals surface area (Å²) in [6.45, 7) is 0. The number of rotatable bonds is 5. The number of anilines is 1. The van der Waals surface area contributed by atoms with E-state index in [1.165, 1.54) is 11.3 Å². The quantitative estimate of drug-likeness (QED) is 0.484. The summed E-state index contributed by atoms with van der Waals surface area (Å²) >= 11 is 8.96. The second kappa shape index (κ2) is 8.39. The van der Waals surface area contributed by atoms with Crippen molar-refractivity contribution in [2.24, 2.45) is 0 Å². The fourth-order valence-electron chi connectivity index (χ4n) is 2.27. The Labute approximate surface area is 173 Å². The van der Waals surface area contributed by atoms with Gasteiger partial charge in [-0.15, -0.1) is 21.5 Å². The van der Waals surface area contributed by atoms with E-state index in [1.54, 1.807) is 24.4 Å². The largest absolute Gasteiger partial charge is 0.320 e. The highest BCUT2D eigenvalue weighted by Gasteiger charge is 2.15. The number of nitrogens with one attached hydrogen (secondary N) is 1. The van der Waals surface area contributed by atoms with E-state index < -0.39 is 0 Å². The molecule has 0 bridgehead atoms. The monoisotopic (exact) mass is 425 g/mol. The number of hydrogen-bond donors (Lipinski definition) is 1. The summed E-state index contributed by atoms with van der Waals surface area (Å²) in [5.74, 6) is -0.328. The van der Waals surface area contributed by atoms with Crippen LogP contribution in [0.25, 0.3) is 21.8 Å². The molecule has 1 aromatic carbocycles. The molecule has 0 aliphatic carbocycles. The molecule has 6 nitrogen and oxygen atoms in total. The lowest BCUT2D eigenvalue weighted by Gasteiger charge is -2.00. The summed E-state index contributed by atoms with van der Waals surface area (Å²) < 4.78 is 0. The van der Waals surface area contributed by atoms with Gasteiger partial charge >= 0.3 is 0 Å². The van der Waals surface area contributed by atoms with Gasteiger partial charge in [-0.3, -0.25) is 9.78 Å². The van der Waals surface area contributed by atoms with Crippen LogP contribution in [0, 0.1) is 0 Å². The van der Waals surface area contributed by atoms with Crippen LogP contribution in [0.3, 0.4) is 0 Å². The molecule has 0 aliphatic heterocycles. The van der Waals surface area contributed by atoms with Gasteiger partial charge in [-0.1, -0.05) is 47.2 Å². The van der Waals surface area contributed by atoms with Crippen LogP contribution in [-0.2, 0) is 0 Å². The zero-order chi connectivity index (χ0) is 19.3. The van der Waals surface area contributed by atoms with Crippen molar-refractivity contribution in [1.29, 1.82) is 0 Å². The van der Waals surface area contributed by atoms with Gasteiger partial charge < -0.3 is 5.32 Å². The highest BCUT2D eigenvalue weighted by atomic mass is 35.5. The molecular weight excluding hydrogens is 414 g/mol. The smallest absolute Gasteiger partial charge is 0.286 e. The van der Waals surface area contributed by atoms with Crippen molar-refractivity contribution in [2.75, 3.05) is 5.32 Å². The minimum absolute atomic E-state index is 0.234. The van der Waals surface area contributed by atoms with E-state index in [4.69, 9.17) is 11.6 Å². The maximum atomic E-state index is 12.3. The minimum Gasteiger partial charge on any atom is -0.320 e. The molecule has 4 aromatic rings. The number of pyridine rings is 1. The Morgan fingerprint density at radius 2 is 1.82 bits per heavy atom. The second-order valence-electron chi connectivity index (χ2n) is 5.52. The topological polar surface area (TPSA) is 80.7 Å². The third kappa shape index (κ3) is 4.30. The van der Waals surface area contributed by atoms with Crippen LogP contribution >= 0.6 is 34.3 Å². The summed E-state index contributed by atoms with van der Waals surface area (Å²) in [4.78, 5) is 21.1. The van der Waals surface area contributed by atoms with Gasteiger partial charge in [-0.25, -0.2) is 4.98 Å². The highest BCUT2D eigenvalue weighted by molar-refractivity contribution is 7.15. The van der Waals surface area contributed by atoms with Crippen molar-refractivity contribution in [3.05, 3.63) is 75.8 Å². The van der Waals surface area contributed by atoms with Crippen LogP contribution in [0.1, 0.15) is 20.5 Å². The molecule has 0 saturated carbocycles. The number of benzene rings is 1. The normalized spacial score (nSPS) is 11.4. The lowest BCUT2D eigenvalue weighted by molar-refractivity contribution is 0.102. The molecule has 0 spiro atoms. The molecule has 1 amide bonds. The molecule has 9 heteroatoms. The fourth-order valence-corrected chi connectivity index (χ4v) is 3.93. The van der Waals surface area contributed by atoms with E-state index in [0.717, 1.165) is 22.0 Å². The number of carbonyl (C=O) groups is 1. The lowest BCUT2D eigenvalue weighted by atomic mass is 10.3. The van der Waals surface area contributed by atoms with Crippen molar-refractivity contribution < 1.29 is 4.79 Å². The van der Waals surface area contributed by atoms with Crippen LogP contribution < -0.4 is 5.32 Å². The molecule has 0 radical (unpaired) electrons. The van der Waals surface area contributed by atoms with Crippen molar-refractivity contribution >= 4 is 57.0 Å². The SMILES string of the molecule is O=C(Nc1ccccc1)c1nnc(C(Cl)=Cc2csc(-c3ccccn3)n2)s1. The Kier molecular flexibility index (Phi) is 5.52. The van der Waals surface area contributed by atoms with Crippen LogP contribution in [0.2, 0.25) is 0 Å². The molecule has 138 valence electrons. The average molecular weight is 426 g/mol. The maximum Gasteiger partial charge on any atom is 0.286 e. The third-order valence-electron chi connectivity index (χ3n) is 3.54. The first kappa shape index (κ1) is 18.4. The van der Waals surface area contributed by atoms with Crippen LogP contribution in [0.4, 0.5) is 5.69 Å². The first-order chi connectivity index (χ1) is 13.7. The zero-order valence-corrected chi connectivity index (χ0v) is 16.6. The van der Waals surface area contributed by atoms with E-state index in [2.05, 4.69) is 25.5 Å². The number of hydrogen-bond acceptors (Lipinski definition) is 7. The van der Waals surface area contributed by atoms with Gasteiger partial charge in [0.05, 0.1) is 16.4 Å². The first-order valence-electron chi connectivity index (χ1n) is 8.13. The number of halogens is 1. The molecule has 0 aliphatic rings. The van der Waals surface area contributed by atoms with Crippen molar-refractivity contribution in [3.8, 4) is 10.7 Å². The molecular formula is C19H12ClN5OS2. The number of thiazole rings is 1. The maximum absolute atomic E-state index is 12.3. The molecule has 0 saturated heterocycles. The van der Waals surface area contributed by atoms with E-state index >= 15 is 0 Å². The van der Waals surface area contributed by atoms with E-state index in [-0.39, 0.29) is 10.9 Å². The Morgan fingerprint density at radius 3 is 2.61 bits per heavy atom. The van der Waals surface area contributed by atoms with Crippen LogP contribution in [0.15, 0.2) is 60.1 Å². The molecule has 4 rings (SSSR count). The van der Waals surface area contributed by atoms with E-state index in [0.29, 0.717) is 21.4 Å². The van der Waals surface area contributed by atoms with Gasteiger partial charge in [0.1, 0.15) is 5.01 Å². The van der Waals surface area contributed by atoms with Gasteiger partial charge in [0.2, 0.25) is 5.01 Å². The van der Waals surface area contributed by atoms with Crippen molar-refractivity contribution in [2.45, 2.75) is 0 Å². The van der Waals surface area contributed by atoms with Crippen LogP contribution in [0.5, 0.6) is 0 Å². The molecule has 0 atom stereocenters. The summed E-state index contributed by atoms with van der Waals surface area (Å²) in [7, 11) is 0. The Morgan fingerprint density at radius 1 is 1.04 bits per heavy atom. The Bertz CT molecular complexity index is 1130. The average Bonchev–Trinajstić information content (AvgIpc) is 3.39. The minimum atomic E-state index is -0.328. The molecule has 3 aromatic heterocycles. The number of amides is 1. The summed E-state index contributed by atoms with van der Waals surface area (Å²) in [6.07, 6.45) is 3.42. The van der Waals surface area contributed by atoms with Crippen molar-refractivity contribution in [3.63, 3.8) is 0 Å². The molecule has 3 heterocycles. The molecule has 1 N–H and O–H groups in total. The number of para-hydroxylation sites is 1. The Hall–Kier alpha value is -2.94. The van der Waals surface area contributed by atoms with Gasteiger partial charge in [-0.05, 0) is 30.3 Å². The Balaban J connectivity index is 1.49. The van der Waals surface area contributed by atoms with E-state index in [9.17, 15) is 4.79 Å². The number of aromatic nitrogens is 4. The van der Waals surface area contributed by atoms with E-state index in [1.807, 2.05) is 41.8 Å². The van der Waals surface area contributed by atoms with Gasteiger partial charge in [0.15, 0.2) is 5.01 Å². The molecule has 28 heavy (non-hydrogen) atoms. The summed E-state index contributed by atoms with van der Waals surface area (Å²) in [5.41, 5.74) is 2.19. The van der Waals surface area contributed by atoms with Gasteiger partial charge in [-0.2, -0.15) is 0 Å². The van der Waals surface area contributed by atoms with Gasteiger partial charge in [0, 0.05) is 17.3 Å². The zero-order valence-electron chi connectivity index (χ0n) is 14.2. The predicted octanol–water partition coefficient (Wildman–Crippen LogP) is 5.05. The summed E-state index contributed by atoms with van der Waals surface area (Å²) in [5, 5.41) is 14.5. The fraction of sp³-hybridized carbons (Fsp3) is 0. The third-order valence-corrected chi connectivity index (χ3v) is 5.77. The number of nitrogens with zero attached hydrogens (tertiary/aromatic N) is 4. The summed E-state index contributed by atoms with van der Waals surface area (Å²) in [6, 6.07) is 14.8. The highest BCUT2D eigenvalue weighted by Crippen LogP contribution is 2.28. The molecule has 0 fully saturated rings. The second-order valence-corrected chi connectivity index (χ2v) is 7.76. The predicted molar refractivity (Wildman–Crippen MR) is 113 cm³/mol. The van der Waals surface area contributed by atoms with Gasteiger partial charge in [0.25, 0.3) is 5.91 Å². The molecule has 0 unspecified atom stereocenters. The number of carbonyl (C=O) groups excluding carboxylic acids is 1. The van der Waals surface area contributed by atoms with Crippen molar-refractivity contribution in [1.82, 2.24) is 20.2 Å². The first-order valence-corrected chi connectivity index (χ1v) is 10.2. The standard InChI is InChI=1S/C19H12ClN5OS2/c20-14(10-13-11-27-18(23-13)15-8-4-5-9-21-15)17-24-25-19(28-17)16(26)22-12-6-2-1-3-7-12/h1-11H,(H,22,26).